The Bertz CT molecular complexity index is 945. The predicted molar refractivity (Wildman–Crippen MR) is 151 cm³/mol. The molecule has 3 rings (SSSR count). The average molecular weight is 515 g/mol. The third-order valence-electron chi connectivity index (χ3n) is 6.49. The summed E-state index contributed by atoms with van der Waals surface area (Å²) >= 11 is 3.74. The zero-order chi connectivity index (χ0) is 25.6. The molecule has 1 aromatic carbocycles. The molecule has 0 spiro atoms. The zero-order valence-electron chi connectivity index (χ0n) is 22.2. The number of hydrogen-bond acceptors (Lipinski definition) is 5. The fraction of sp³-hybridized carbons (Fsp3) is 0.586. The second-order valence-corrected chi connectivity index (χ2v) is 14.1. The number of nitrogens with one attached hydrogen (secondary N) is 1. The van der Waals surface area contributed by atoms with E-state index in [0.29, 0.717) is 28.5 Å². The smallest absolute Gasteiger partial charge is 0.230 e. The minimum atomic E-state index is -0.130. The molecule has 6 heteroatoms. The first kappa shape index (κ1) is 27.9. The van der Waals surface area contributed by atoms with Crippen LogP contribution in [-0.4, -0.2) is 38.8 Å². The molecule has 1 aliphatic carbocycles. The highest BCUT2D eigenvalue weighted by Gasteiger charge is 2.30. The van der Waals surface area contributed by atoms with Gasteiger partial charge in [-0.2, -0.15) is 0 Å². The minimum Gasteiger partial charge on any atom is -0.507 e. The molecule has 192 valence electrons. The number of amides is 1. The monoisotopic (exact) mass is 514 g/mol. The van der Waals surface area contributed by atoms with Crippen LogP contribution in [0, 0.1) is 0 Å². The second-order valence-electron chi connectivity index (χ2n) is 11.6. The zero-order valence-corrected chi connectivity index (χ0v) is 23.8. The number of carbonyl (C=O) groups is 1. The van der Waals surface area contributed by atoms with Gasteiger partial charge in [-0.3, -0.25) is 9.78 Å². The summed E-state index contributed by atoms with van der Waals surface area (Å²) in [6.07, 6.45) is 7.33. The first-order chi connectivity index (χ1) is 16.4. The molecule has 1 saturated carbocycles. The first-order valence-electron chi connectivity index (χ1n) is 12.8. The van der Waals surface area contributed by atoms with Gasteiger partial charge in [0, 0.05) is 51.4 Å². The third-order valence-corrected chi connectivity index (χ3v) is 9.46. The number of benzene rings is 1. The van der Waals surface area contributed by atoms with Crippen molar-refractivity contribution in [3.8, 4) is 5.75 Å². The summed E-state index contributed by atoms with van der Waals surface area (Å²) in [7, 11) is 0. The Morgan fingerprint density at radius 3 is 2.23 bits per heavy atom. The van der Waals surface area contributed by atoms with Gasteiger partial charge < -0.3 is 10.4 Å². The van der Waals surface area contributed by atoms with Gasteiger partial charge in [0.15, 0.2) is 0 Å². The van der Waals surface area contributed by atoms with Crippen LogP contribution in [0.3, 0.4) is 0 Å². The summed E-state index contributed by atoms with van der Waals surface area (Å²) in [4.78, 5) is 18.1. The summed E-state index contributed by atoms with van der Waals surface area (Å²) in [5.41, 5.74) is 2.77. The van der Waals surface area contributed by atoms with Crippen molar-refractivity contribution in [1.29, 1.82) is 0 Å². The maximum absolute atomic E-state index is 12.5. The van der Waals surface area contributed by atoms with Crippen LogP contribution in [0.4, 0.5) is 0 Å². The fourth-order valence-electron chi connectivity index (χ4n) is 4.49. The molecule has 0 unspecified atom stereocenters. The number of phenols is 1. The van der Waals surface area contributed by atoms with Crippen LogP contribution in [0.2, 0.25) is 0 Å². The molecule has 1 amide bonds. The van der Waals surface area contributed by atoms with Crippen LogP contribution >= 0.6 is 23.5 Å². The van der Waals surface area contributed by atoms with Crippen molar-refractivity contribution in [2.24, 2.45) is 0 Å². The Balaban J connectivity index is 1.64. The number of aromatic hydroxyl groups is 1. The number of carbonyl (C=O) groups excluding carboxylic acids is 1. The Morgan fingerprint density at radius 1 is 1.03 bits per heavy atom. The van der Waals surface area contributed by atoms with Crippen LogP contribution in [0.15, 0.2) is 41.4 Å². The average Bonchev–Trinajstić information content (AvgIpc) is 2.79. The molecule has 0 saturated heterocycles. The van der Waals surface area contributed by atoms with Gasteiger partial charge in [-0.15, -0.1) is 23.5 Å². The van der Waals surface area contributed by atoms with Gasteiger partial charge in [-0.05, 0) is 47.9 Å². The summed E-state index contributed by atoms with van der Waals surface area (Å²) in [5.74, 6) is 1.04. The summed E-state index contributed by atoms with van der Waals surface area (Å²) < 4.78 is 0. The lowest BCUT2D eigenvalue weighted by Gasteiger charge is -2.32. The molecule has 2 aromatic rings. The lowest BCUT2D eigenvalue weighted by molar-refractivity contribution is -0.118. The van der Waals surface area contributed by atoms with Crippen molar-refractivity contribution in [3.05, 3.63) is 53.3 Å². The Morgan fingerprint density at radius 2 is 1.66 bits per heavy atom. The maximum Gasteiger partial charge on any atom is 0.230 e. The molecule has 2 N–H and O–H groups in total. The Kier molecular flexibility index (Phi) is 9.61. The topological polar surface area (TPSA) is 62.2 Å². The van der Waals surface area contributed by atoms with E-state index in [-0.39, 0.29) is 16.7 Å². The van der Waals surface area contributed by atoms with E-state index in [4.69, 9.17) is 0 Å². The molecule has 1 fully saturated rings. The molecular formula is C29H42N2O2S2. The first-order valence-corrected chi connectivity index (χ1v) is 14.7. The minimum absolute atomic E-state index is 0.106. The normalized spacial score (nSPS) is 18.9. The van der Waals surface area contributed by atoms with E-state index in [9.17, 15) is 9.90 Å². The van der Waals surface area contributed by atoms with Gasteiger partial charge in [0.05, 0.1) is 5.75 Å². The fourth-order valence-corrected chi connectivity index (χ4v) is 7.34. The van der Waals surface area contributed by atoms with Crippen molar-refractivity contribution < 1.29 is 9.90 Å². The van der Waals surface area contributed by atoms with E-state index in [0.717, 1.165) is 29.7 Å². The van der Waals surface area contributed by atoms with Crippen LogP contribution < -0.4 is 5.32 Å². The lowest BCUT2D eigenvalue weighted by Crippen LogP contribution is -2.31. The van der Waals surface area contributed by atoms with E-state index >= 15 is 0 Å². The standard InChI is InChI=1S/C29H42N2O2S2/c1-28(2,3)22-17-21(18-23(27(22)33)29(4,5)6)35-25-13-8-7-12-24(25)34-19-26(32)31-16-14-20-11-9-10-15-30-20/h9-11,15,17-18,24-25,33H,7-8,12-14,16,19H2,1-6H3,(H,31,32)/t24-,25-/m0/s1. The maximum atomic E-state index is 12.5. The highest BCUT2D eigenvalue weighted by Crippen LogP contribution is 2.45. The molecule has 4 nitrogen and oxygen atoms in total. The quantitative estimate of drug-likeness (QED) is 0.402. The molecule has 1 aromatic heterocycles. The number of pyridine rings is 1. The second kappa shape index (κ2) is 12.1. The number of phenolic OH excluding ortho intramolecular Hbond substituents is 1. The van der Waals surface area contributed by atoms with Crippen molar-refractivity contribution in [3.63, 3.8) is 0 Å². The van der Waals surface area contributed by atoms with Crippen LogP contribution in [-0.2, 0) is 22.0 Å². The molecule has 2 atom stereocenters. The van der Waals surface area contributed by atoms with Crippen molar-refractivity contribution in [2.45, 2.75) is 99.9 Å². The molecule has 0 radical (unpaired) electrons. The third kappa shape index (κ3) is 8.18. The summed E-state index contributed by atoms with van der Waals surface area (Å²) in [5, 5.41) is 15.1. The number of thioether (sulfide) groups is 2. The van der Waals surface area contributed by atoms with Crippen LogP contribution in [0.25, 0.3) is 0 Å². The van der Waals surface area contributed by atoms with Crippen LogP contribution in [0.5, 0.6) is 5.75 Å². The van der Waals surface area contributed by atoms with E-state index < -0.39 is 0 Å². The van der Waals surface area contributed by atoms with Gasteiger partial charge in [-0.1, -0.05) is 60.5 Å². The number of nitrogens with zero attached hydrogens (tertiary/aromatic N) is 1. The van der Waals surface area contributed by atoms with Gasteiger partial charge in [-0.25, -0.2) is 0 Å². The summed E-state index contributed by atoms with van der Waals surface area (Å²) in [6, 6.07) is 10.3. The van der Waals surface area contributed by atoms with E-state index in [1.54, 1.807) is 18.0 Å². The van der Waals surface area contributed by atoms with E-state index in [2.05, 4.69) is 64.0 Å². The van der Waals surface area contributed by atoms with Crippen molar-refractivity contribution in [1.82, 2.24) is 10.3 Å². The molecule has 35 heavy (non-hydrogen) atoms. The van der Waals surface area contributed by atoms with Crippen LogP contribution in [0.1, 0.15) is 84.0 Å². The van der Waals surface area contributed by atoms with Gasteiger partial charge in [0.1, 0.15) is 5.75 Å². The van der Waals surface area contributed by atoms with E-state index in [1.807, 2.05) is 30.0 Å². The Labute approximate surface area is 220 Å². The van der Waals surface area contributed by atoms with E-state index in [1.165, 1.54) is 24.2 Å². The van der Waals surface area contributed by atoms with Gasteiger partial charge in [0.25, 0.3) is 0 Å². The Hall–Kier alpha value is -1.66. The SMILES string of the molecule is CC(C)(C)c1cc(S[C@H]2CCCC[C@@H]2SCC(=O)NCCc2ccccn2)cc(C(C)(C)C)c1O. The largest absolute Gasteiger partial charge is 0.507 e. The predicted octanol–water partition coefficient (Wildman–Crippen LogP) is 6.88. The summed E-state index contributed by atoms with van der Waals surface area (Å²) in [6.45, 7) is 13.6. The lowest BCUT2D eigenvalue weighted by atomic mass is 9.79. The molecule has 1 aliphatic rings. The molecular weight excluding hydrogens is 472 g/mol. The molecule has 1 heterocycles. The number of rotatable bonds is 8. The highest BCUT2D eigenvalue weighted by atomic mass is 32.2. The van der Waals surface area contributed by atoms with Gasteiger partial charge in [0.2, 0.25) is 5.91 Å². The van der Waals surface area contributed by atoms with Gasteiger partial charge >= 0.3 is 0 Å². The van der Waals surface area contributed by atoms with Crippen molar-refractivity contribution in [2.75, 3.05) is 12.3 Å². The number of aromatic nitrogens is 1. The molecule has 0 aliphatic heterocycles. The number of hydrogen-bond donors (Lipinski definition) is 2. The molecule has 0 bridgehead atoms. The van der Waals surface area contributed by atoms with Crippen molar-refractivity contribution >= 4 is 29.4 Å². The highest BCUT2D eigenvalue weighted by molar-refractivity contribution is 8.04.